The van der Waals surface area contributed by atoms with Gasteiger partial charge in [-0.15, -0.1) is 0 Å². The first kappa shape index (κ1) is 26.9. The van der Waals surface area contributed by atoms with Crippen molar-refractivity contribution in [2.75, 3.05) is 11.1 Å². The smallest absolute Gasteiger partial charge is 0.263 e. The Kier molecular flexibility index (Phi) is 7.32. The summed E-state index contributed by atoms with van der Waals surface area (Å²) in [5.41, 5.74) is 6.99. The number of nitrogens with zero attached hydrogens (tertiary/aromatic N) is 2. The highest BCUT2D eigenvalue weighted by Crippen LogP contribution is 2.49. The summed E-state index contributed by atoms with van der Waals surface area (Å²) >= 11 is 7.55. The average molecular weight is 570 g/mol. The number of fused-ring (bicyclic) bond motifs is 4. The van der Waals surface area contributed by atoms with Gasteiger partial charge in [-0.2, -0.15) is 0 Å². The van der Waals surface area contributed by atoms with Crippen LogP contribution in [0.3, 0.4) is 0 Å². The van der Waals surface area contributed by atoms with E-state index >= 15 is 0 Å². The van der Waals surface area contributed by atoms with E-state index in [0.29, 0.717) is 15.9 Å². The Labute approximate surface area is 244 Å². The number of carbonyl (C=O) groups is 1. The summed E-state index contributed by atoms with van der Waals surface area (Å²) in [6.07, 6.45) is 6.29. The molecule has 3 aromatic carbocycles. The van der Waals surface area contributed by atoms with Crippen molar-refractivity contribution in [2.24, 2.45) is 0 Å². The van der Waals surface area contributed by atoms with Crippen LogP contribution in [0.25, 0.3) is 16.9 Å². The van der Waals surface area contributed by atoms with Crippen LogP contribution in [-0.2, 0) is 16.6 Å². The van der Waals surface area contributed by atoms with Crippen LogP contribution in [0.1, 0.15) is 54.4 Å². The van der Waals surface area contributed by atoms with Crippen LogP contribution in [0.5, 0.6) is 0 Å². The normalized spacial score (nSPS) is 15.4. The Balaban J connectivity index is 1.47. The third kappa shape index (κ3) is 4.77. The zero-order valence-corrected chi connectivity index (χ0v) is 24.4. The lowest BCUT2D eigenvalue weighted by Gasteiger charge is -2.42. The Hall–Kier alpha value is -3.35. The minimum absolute atomic E-state index is 0.00991. The molecule has 1 saturated carbocycles. The van der Waals surface area contributed by atoms with Crippen LogP contribution in [0.4, 0.5) is 5.69 Å². The standard InChI is InChI=1S/C33H32ClN3O2S/c1-21-11-4-7-16-27(21)37-31(39)29-30(24-13-6-5-12-23(24)19-33(29)17-8-3-9-18-33)36-32(37)40-20-28(38)35-26-15-10-14-25(34)22(26)2/h4-7,10-16H,3,8-9,17-20H2,1-2H3,(H,35,38). The molecular formula is C33H32ClN3O2S. The molecule has 1 heterocycles. The lowest BCUT2D eigenvalue weighted by Crippen LogP contribution is -2.43. The maximum Gasteiger partial charge on any atom is 0.263 e. The number of benzene rings is 3. The van der Waals surface area contributed by atoms with E-state index in [2.05, 4.69) is 23.5 Å². The van der Waals surface area contributed by atoms with Crippen LogP contribution >= 0.6 is 23.4 Å². The maximum absolute atomic E-state index is 14.7. The van der Waals surface area contributed by atoms with Gasteiger partial charge in [-0.05, 0) is 68.0 Å². The lowest BCUT2D eigenvalue weighted by atomic mass is 9.62. The van der Waals surface area contributed by atoms with Crippen LogP contribution < -0.4 is 10.9 Å². The van der Waals surface area contributed by atoms with Gasteiger partial charge in [0.05, 0.1) is 22.7 Å². The topological polar surface area (TPSA) is 64.0 Å². The molecule has 0 atom stereocenters. The molecule has 7 heteroatoms. The molecule has 1 spiro atoms. The number of anilines is 1. The number of hydrogen-bond acceptors (Lipinski definition) is 4. The molecule has 0 bridgehead atoms. The number of aromatic nitrogens is 2. The van der Waals surface area contributed by atoms with Gasteiger partial charge >= 0.3 is 0 Å². The molecule has 0 aliphatic heterocycles. The van der Waals surface area contributed by atoms with Crippen LogP contribution in [0.2, 0.25) is 5.02 Å². The highest BCUT2D eigenvalue weighted by molar-refractivity contribution is 7.99. The van der Waals surface area contributed by atoms with Gasteiger partial charge in [0.1, 0.15) is 0 Å². The predicted octanol–water partition coefficient (Wildman–Crippen LogP) is 7.66. The van der Waals surface area contributed by atoms with Gasteiger partial charge in [0, 0.05) is 21.7 Å². The van der Waals surface area contributed by atoms with E-state index in [9.17, 15) is 9.59 Å². The number of para-hydroxylation sites is 1. The summed E-state index contributed by atoms with van der Waals surface area (Å²) in [6, 6.07) is 21.7. The van der Waals surface area contributed by atoms with Crippen LogP contribution in [0.15, 0.2) is 76.7 Å². The number of amides is 1. The van der Waals surface area contributed by atoms with E-state index in [1.165, 1.54) is 23.7 Å². The van der Waals surface area contributed by atoms with E-state index < -0.39 is 0 Å². The fraction of sp³-hybridized carbons (Fsp3) is 0.303. The van der Waals surface area contributed by atoms with Crippen molar-refractivity contribution < 1.29 is 4.79 Å². The number of rotatable bonds is 5. The fourth-order valence-electron chi connectivity index (χ4n) is 6.37. The second kappa shape index (κ2) is 10.9. The molecule has 1 N–H and O–H groups in total. The Morgan fingerprint density at radius 2 is 1.75 bits per heavy atom. The zero-order chi connectivity index (χ0) is 27.9. The van der Waals surface area contributed by atoms with Gasteiger partial charge in [0.2, 0.25) is 5.91 Å². The highest BCUT2D eigenvalue weighted by Gasteiger charge is 2.43. The Morgan fingerprint density at radius 3 is 2.55 bits per heavy atom. The minimum Gasteiger partial charge on any atom is -0.325 e. The first-order valence-corrected chi connectivity index (χ1v) is 15.2. The van der Waals surface area contributed by atoms with E-state index in [1.54, 1.807) is 10.6 Å². The van der Waals surface area contributed by atoms with Crippen LogP contribution in [0, 0.1) is 13.8 Å². The molecular weight excluding hydrogens is 538 g/mol. The van der Waals surface area contributed by atoms with Crippen LogP contribution in [-0.4, -0.2) is 21.2 Å². The quantitative estimate of drug-likeness (QED) is 0.198. The predicted molar refractivity (Wildman–Crippen MR) is 164 cm³/mol. The molecule has 2 aliphatic rings. The van der Waals surface area contributed by atoms with Gasteiger partial charge in [0.15, 0.2) is 5.16 Å². The second-order valence-electron chi connectivity index (χ2n) is 11.0. The summed E-state index contributed by atoms with van der Waals surface area (Å²) in [5.74, 6) is -0.0709. The maximum atomic E-state index is 14.7. The lowest BCUT2D eigenvalue weighted by molar-refractivity contribution is -0.113. The minimum atomic E-state index is -0.207. The molecule has 1 aromatic heterocycles. The second-order valence-corrected chi connectivity index (χ2v) is 12.3. The van der Waals surface area contributed by atoms with Crippen molar-refractivity contribution in [1.29, 1.82) is 0 Å². The molecule has 4 aromatic rings. The largest absolute Gasteiger partial charge is 0.325 e. The van der Waals surface area contributed by atoms with Crippen molar-refractivity contribution >= 4 is 35.0 Å². The molecule has 1 amide bonds. The summed E-state index contributed by atoms with van der Waals surface area (Å²) in [5, 5.41) is 4.10. The number of aryl methyl sites for hydroxylation is 1. The SMILES string of the molecule is Cc1ccccc1-n1c(SCC(=O)Nc2cccc(Cl)c2C)nc2c(c1=O)C1(CCCCC1)Cc1ccccc1-2. The zero-order valence-electron chi connectivity index (χ0n) is 22.8. The summed E-state index contributed by atoms with van der Waals surface area (Å²) in [7, 11) is 0. The highest BCUT2D eigenvalue weighted by atomic mass is 35.5. The molecule has 0 saturated heterocycles. The van der Waals surface area contributed by atoms with E-state index in [-0.39, 0.29) is 22.6 Å². The Morgan fingerprint density at radius 1 is 1.00 bits per heavy atom. The molecule has 40 heavy (non-hydrogen) atoms. The Bertz CT molecular complexity index is 1670. The number of halogens is 1. The van der Waals surface area contributed by atoms with Gasteiger partial charge in [-0.25, -0.2) is 4.98 Å². The van der Waals surface area contributed by atoms with E-state index in [4.69, 9.17) is 16.6 Å². The number of thioether (sulfide) groups is 1. The summed E-state index contributed by atoms with van der Waals surface area (Å²) < 4.78 is 1.75. The molecule has 0 radical (unpaired) electrons. The molecule has 5 nitrogen and oxygen atoms in total. The molecule has 2 aliphatic carbocycles. The molecule has 204 valence electrons. The van der Waals surface area contributed by atoms with Gasteiger partial charge in [0.25, 0.3) is 5.56 Å². The summed E-state index contributed by atoms with van der Waals surface area (Å²) in [4.78, 5) is 33.0. The van der Waals surface area contributed by atoms with E-state index in [0.717, 1.165) is 65.7 Å². The van der Waals surface area contributed by atoms with Crippen molar-refractivity contribution in [3.63, 3.8) is 0 Å². The first-order valence-electron chi connectivity index (χ1n) is 13.9. The van der Waals surface area contributed by atoms with Gasteiger partial charge in [-0.1, -0.05) is 91.2 Å². The molecule has 0 unspecified atom stereocenters. The van der Waals surface area contributed by atoms with Crippen molar-refractivity contribution in [1.82, 2.24) is 9.55 Å². The van der Waals surface area contributed by atoms with Gasteiger partial charge in [-0.3, -0.25) is 14.2 Å². The number of carbonyl (C=O) groups excluding carboxylic acids is 1. The van der Waals surface area contributed by atoms with E-state index in [1.807, 2.05) is 56.3 Å². The fourth-order valence-corrected chi connectivity index (χ4v) is 7.34. The molecule has 1 fully saturated rings. The van der Waals surface area contributed by atoms with Gasteiger partial charge < -0.3 is 5.32 Å². The number of hydrogen-bond donors (Lipinski definition) is 1. The van der Waals surface area contributed by atoms with Crippen molar-refractivity contribution in [3.05, 3.63) is 104 Å². The van der Waals surface area contributed by atoms with Crippen molar-refractivity contribution in [2.45, 2.75) is 62.9 Å². The first-order chi connectivity index (χ1) is 19.4. The number of nitrogens with one attached hydrogen (secondary N) is 1. The third-order valence-electron chi connectivity index (χ3n) is 8.43. The third-order valence-corrected chi connectivity index (χ3v) is 9.77. The average Bonchev–Trinajstić information content (AvgIpc) is 2.95. The van der Waals surface area contributed by atoms with Crippen molar-refractivity contribution in [3.8, 4) is 16.9 Å². The molecule has 6 rings (SSSR count). The summed E-state index contributed by atoms with van der Waals surface area (Å²) in [6.45, 7) is 3.89. The monoisotopic (exact) mass is 569 g/mol.